The van der Waals surface area contributed by atoms with Gasteiger partial charge >= 0.3 is 5.97 Å². The maximum atomic E-state index is 12.4. The number of ether oxygens (including phenoxy) is 1. The minimum absolute atomic E-state index is 0.311. The van der Waals surface area contributed by atoms with E-state index in [4.69, 9.17) is 16.3 Å². The predicted molar refractivity (Wildman–Crippen MR) is 145 cm³/mol. The van der Waals surface area contributed by atoms with Crippen LogP contribution in [0.2, 0.25) is 5.02 Å². The molecule has 0 unspecified atom stereocenters. The van der Waals surface area contributed by atoms with Gasteiger partial charge in [0.05, 0.1) is 29.2 Å². The number of aryl methyl sites for hydroxylation is 1. The number of aromatic nitrogens is 1. The number of fused-ring (bicyclic) bond motifs is 1. The monoisotopic (exact) mass is 528 g/mol. The number of methoxy groups -OCH3 is 1. The molecule has 1 aliphatic rings. The Hall–Kier alpha value is -2.32. The van der Waals surface area contributed by atoms with Crippen molar-refractivity contribution in [3.05, 3.63) is 64.8 Å². The molecular weight excluding hydrogens is 496 g/mol. The quantitative estimate of drug-likeness (QED) is 0.313. The zero-order chi connectivity index (χ0) is 25.7. The number of hydrogen-bond donors (Lipinski definition) is 2. The molecule has 8 heteroatoms. The topological polar surface area (TPSA) is 82.9 Å². The number of hydrogen-bond acceptors (Lipinski definition) is 6. The van der Waals surface area contributed by atoms with E-state index in [0.717, 1.165) is 30.8 Å². The van der Waals surface area contributed by atoms with Crippen molar-refractivity contribution in [2.24, 2.45) is 5.41 Å². The summed E-state index contributed by atoms with van der Waals surface area (Å²) >= 11 is 8.29. The Labute approximate surface area is 221 Å². The zero-order valence-corrected chi connectivity index (χ0v) is 22.3. The number of halogens is 1. The van der Waals surface area contributed by atoms with E-state index in [1.165, 1.54) is 16.7 Å². The third-order valence-electron chi connectivity index (χ3n) is 7.32. The van der Waals surface area contributed by atoms with Crippen molar-refractivity contribution in [2.75, 3.05) is 32.5 Å². The van der Waals surface area contributed by atoms with Crippen LogP contribution in [0.1, 0.15) is 42.9 Å². The van der Waals surface area contributed by atoms with Gasteiger partial charge in [0.2, 0.25) is 0 Å². The van der Waals surface area contributed by atoms with Gasteiger partial charge in [-0.2, -0.15) is 0 Å². The molecule has 4 rings (SSSR count). The average molecular weight is 529 g/mol. The normalized spacial score (nSPS) is 16.7. The number of aliphatic hydroxyl groups is 1. The summed E-state index contributed by atoms with van der Waals surface area (Å²) < 4.78 is 5.33. The Bertz CT molecular complexity index is 1210. The molecule has 36 heavy (non-hydrogen) atoms. The molecule has 0 saturated carbocycles. The highest BCUT2D eigenvalue weighted by Gasteiger charge is 2.41. The van der Waals surface area contributed by atoms with Crippen molar-refractivity contribution in [1.82, 2.24) is 9.88 Å². The minimum Gasteiger partial charge on any atom is -0.497 e. The van der Waals surface area contributed by atoms with E-state index in [-0.39, 0.29) is 0 Å². The molecule has 6 nitrogen and oxygen atoms in total. The van der Waals surface area contributed by atoms with E-state index >= 15 is 0 Å². The van der Waals surface area contributed by atoms with E-state index < -0.39 is 17.5 Å². The minimum atomic E-state index is -0.894. The lowest BCUT2D eigenvalue weighted by molar-refractivity contribution is -0.153. The first-order valence-corrected chi connectivity index (χ1v) is 13.6. The Balaban J connectivity index is 1.38. The molecule has 0 aliphatic carbocycles. The van der Waals surface area contributed by atoms with Gasteiger partial charge in [0, 0.05) is 34.3 Å². The van der Waals surface area contributed by atoms with E-state index in [1.54, 1.807) is 7.11 Å². The number of likely N-dealkylation sites (tertiary alicyclic amines) is 1. The molecule has 2 N–H and O–H groups in total. The van der Waals surface area contributed by atoms with Gasteiger partial charge in [0.15, 0.2) is 0 Å². The molecule has 2 aromatic carbocycles. The summed E-state index contributed by atoms with van der Waals surface area (Å²) in [6.45, 7) is 4.54. The fraction of sp³-hybridized carbons (Fsp3) is 0.429. The number of carbonyl (C=O) groups is 1. The predicted octanol–water partition coefficient (Wildman–Crippen LogP) is 5.98. The third-order valence-corrected chi connectivity index (χ3v) is 8.78. The molecule has 0 amide bonds. The van der Waals surface area contributed by atoms with Gasteiger partial charge in [-0.3, -0.25) is 9.78 Å². The van der Waals surface area contributed by atoms with Crippen molar-refractivity contribution in [3.63, 3.8) is 0 Å². The molecule has 1 aromatic heterocycles. The highest BCUT2D eigenvalue weighted by Crippen LogP contribution is 2.41. The second-order valence-corrected chi connectivity index (χ2v) is 11.0. The first-order chi connectivity index (χ1) is 17.3. The molecule has 1 atom stereocenters. The van der Waals surface area contributed by atoms with Crippen LogP contribution in [0.5, 0.6) is 5.75 Å². The van der Waals surface area contributed by atoms with Crippen LogP contribution in [0.15, 0.2) is 53.6 Å². The lowest BCUT2D eigenvalue weighted by Crippen LogP contribution is -2.45. The largest absolute Gasteiger partial charge is 0.497 e. The van der Waals surface area contributed by atoms with E-state index in [0.29, 0.717) is 47.5 Å². The van der Waals surface area contributed by atoms with E-state index in [9.17, 15) is 15.0 Å². The lowest BCUT2D eigenvalue weighted by atomic mass is 9.74. The summed E-state index contributed by atoms with van der Waals surface area (Å²) in [7, 11) is 1.58. The number of aliphatic hydroxyl groups excluding tert-OH is 1. The van der Waals surface area contributed by atoms with E-state index in [1.807, 2.05) is 30.0 Å². The number of carboxylic acid groups (broad SMARTS) is 1. The fourth-order valence-corrected chi connectivity index (χ4v) is 6.29. The number of piperidine rings is 1. The van der Waals surface area contributed by atoms with Gasteiger partial charge in [0.25, 0.3) is 0 Å². The SMILES string of the molecule is COc1ccc2ncc(Cl)c([C@H](O)CCC3(C(=O)O)CCN(CCSc4ccccc4C)CC3)c2c1. The summed E-state index contributed by atoms with van der Waals surface area (Å²) in [5.41, 5.74) is 1.73. The van der Waals surface area contributed by atoms with Crippen molar-refractivity contribution in [3.8, 4) is 5.75 Å². The standard InChI is InChI=1S/C28H33ClN2O4S/c1-19-5-3-4-6-25(19)36-16-15-31-13-11-28(12-14-31,27(33)34)10-9-24(32)26-21-17-20(35-2)7-8-23(21)30-18-22(26)29/h3-8,17-18,24,32H,9-16H2,1-2H3,(H,33,34)/t24-/m1/s1. The summed E-state index contributed by atoms with van der Waals surface area (Å²) in [5, 5.41) is 22.4. The molecular formula is C28H33ClN2O4S. The summed E-state index contributed by atoms with van der Waals surface area (Å²) in [4.78, 5) is 20.4. The maximum Gasteiger partial charge on any atom is 0.309 e. The lowest BCUT2D eigenvalue weighted by Gasteiger charge is -2.39. The molecule has 0 radical (unpaired) electrons. The second kappa shape index (κ2) is 11.8. The number of benzene rings is 2. The van der Waals surface area contributed by atoms with Gasteiger partial charge in [-0.15, -0.1) is 11.8 Å². The van der Waals surface area contributed by atoms with Gasteiger partial charge in [0.1, 0.15) is 5.75 Å². The van der Waals surface area contributed by atoms with Gasteiger partial charge in [-0.1, -0.05) is 29.8 Å². The maximum absolute atomic E-state index is 12.4. The highest BCUT2D eigenvalue weighted by molar-refractivity contribution is 7.99. The van der Waals surface area contributed by atoms with Crippen molar-refractivity contribution in [2.45, 2.75) is 43.6 Å². The van der Waals surface area contributed by atoms with Crippen LogP contribution >= 0.6 is 23.4 Å². The van der Waals surface area contributed by atoms with Crippen LogP contribution in [-0.2, 0) is 4.79 Å². The molecule has 0 bridgehead atoms. The molecule has 192 valence electrons. The molecule has 3 aromatic rings. The molecule has 1 saturated heterocycles. The summed E-state index contributed by atoms with van der Waals surface area (Å²) in [5.74, 6) is 0.840. The summed E-state index contributed by atoms with van der Waals surface area (Å²) in [6.07, 6.45) is 2.49. The number of pyridine rings is 1. The Kier molecular flexibility index (Phi) is 8.78. The first kappa shape index (κ1) is 26.7. The van der Waals surface area contributed by atoms with Crippen molar-refractivity contribution < 1.29 is 19.7 Å². The number of rotatable bonds is 10. The van der Waals surface area contributed by atoms with Crippen LogP contribution in [0.25, 0.3) is 10.9 Å². The van der Waals surface area contributed by atoms with Crippen LogP contribution in [0.3, 0.4) is 0 Å². The third kappa shape index (κ3) is 5.97. The van der Waals surface area contributed by atoms with Crippen LogP contribution < -0.4 is 4.74 Å². The molecule has 0 spiro atoms. The fourth-order valence-electron chi connectivity index (χ4n) is 4.97. The number of nitrogens with zero attached hydrogens (tertiary/aromatic N) is 2. The molecule has 1 aliphatic heterocycles. The Morgan fingerprint density at radius 3 is 2.69 bits per heavy atom. The van der Waals surface area contributed by atoms with Gasteiger partial charge < -0.3 is 19.8 Å². The van der Waals surface area contributed by atoms with Crippen LogP contribution in [0.4, 0.5) is 0 Å². The van der Waals surface area contributed by atoms with Crippen LogP contribution in [0, 0.1) is 12.3 Å². The first-order valence-electron chi connectivity index (χ1n) is 12.3. The van der Waals surface area contributed by atoms with Crippen molar-refractivity contribution >= 4 is 40.2 Å². The van der Waals surface area contributed by atoms with Crippen LogP contribution in [-0.4, -0.2) is 58.6 Å². The van der Waals surface area contributed by atoms with Gasteiger partial charge in [-0.25, -0.2) is 0 Å². The van der Waals surface area contributed by atoms with Gasteiger partial charge in [-0.05, 0) is 75.5 Å². The number of carboxylic acids is 1. The molecule has 1 fully saturated rings. The summed E-state index contributed by atoms with van der Waals surface area (Å²) in [6, 6.07) is 13.8. The smallest absolute Gasteiger partial charge is 0.309 e. The Morgan fingerprint density at radius 1 is 1.25 bits per heavy atom. The highest BCUT2D eigenvalue weighted by atomic mass is 35.5. The molecule has 2 heterocycles. The zero-order valence-electron chi connectivity index (χ0n) is 20.7. The number of thioether (sulfide) groups is 1. The van der Waals surface area contributed by atoms with E-state index in [2.05, 4.69) is 41.1 Å². The number of aliphatic carboxylic acids is 1. The Morgan fingerprint density at radius 2 is 2.00 bits per heavy atom. The second-order valence-electron chi connectivity index (χ2n) is 9.50. The average Bonchev–Trinajstić information content (AvgIpc) is 2.88. The van der Waals surface area contributed by atoms with Crippen molar-refractivity contribution in [1.29, 1.82) is 0 Å².